The van der Waals surface area contributed by atoms with E-state index >= 15 is 0 Å². The van der Waals surface area contributed by atoms with Crippen molar-refractivity contribution < 1.29 is 4.39 Å². The first kappa shape index (κ1) is 10.7. The third-order valence-electron chi connectivity index (χ3n) is 2.40. The number of nitrogens with zero attached hydrogens (tertiary/aromatic N) is 2. The molecule has 1 aromatic carbocycles. The fraction of sp³-hybridized carbons (Fsp3) is 0.231. The van der Waals surface area contributed by atoms with Gasteiger partial charge >= 0.3 is 0 Å². The van der Waals surface area contributed by atoms with Gasteiger partial charge in [0.2, 0.25) is 0 Å². The van der Waals surface area contributed by atoms with Crippen LogP contribution >= 0.6 is 0 Å². The van der Waals surface area contributed by atoms with Gasteiger partial charge in [0.15, 0.2) is 0 Å². The Morgan fingerprint density at radius 3 is 2.62 bits per heavy atom. The van der Waals surface area contributed by atoms with E-state index in [1.54, 1.807) is 6.07 Å². The van der Waals surface area contributed by atoms with E-state index in [1.807, 2.05) is 37.3 Å². The summed E-state index contributed by atoms with van der Waals surface area (Å²) in [4.78, 5) is 7.90. The molecule has 16 heavy (non-hydrogen) atoms. The number of halogens is 1. The first-order chi connectivity index (χ1) is 7.75. The van der Waals surface area contributed by atoms with Crippen LogP contribution in [0.25, 0.3) is 0 Å². The maximum atomic E-state index is 13.9. The van der Waals surface area contributed by atoms with Crippen LogP contribution in [0, 0.1) is 6.92 Å². The van der Waals surface area contributed by atoms with Crippen molar-refractivity contribution in [2.45, 2.75) is 19.5 Å². The number of rotatable bonds is 3. The molecule has 0 saturated carbocycles. The van der Waals surface area contributed by atoms with E-state index in [1.165, 1.54) is 6.33 Å². The molecule has 0 aliphatic rings. The highest BCUT2D eigenvalue weighted by Crippen LogP contribution is 2.20. The van der Waals surface area contributed by atoms with Gasteiger partial charge in [-0.3, -0.25) is 0 Å². The van der Waals surface area contributed by atoms with Gasteiger partial charge in [0.1, 0.15) is 12.5 Å². The SMILES string of the molecule is Cc1cc(C(F)Cc2ccccc2)ncn1. The van der Waals surface area contributed by atoms with Crippen LogP contribution < -0.4 is 0 Å². The minimum absolute atomic E-state index is 0.358. The molecule has 0 aliphatic heterocycles. The van der Waals surface area contributed by atoms with Gasteiger partial charge in [0.25, 0.3) is 0 Å². The van der Waals surface area contributed by atoms with Gasteiger partial charge in [-0.15, -0.1) is 0 Å². The minimum Gasteiger partial charge on any atom is -0.242 e. The molecule has 0 aliphatic carbocycles. The Morgan fingerprint density at radius 2 is 1.94 bits per heavy atom. The Kier molecular flexibility index (Phi) is 3.25. The predicted molar refractivity (Wildman–Crippen MR) is 60.8 cm³/mol. The van der Waals surface area contributed by atoms with Gasteiger partial charge in [-0.1, -0.05) is 30.3 Å². The molecule has 0 amide bonds. The smallest absolute Gasteiger partial charge is 0.146 e. The van der Waals surface area contributed by atoms with Crippen molar-refractivity contribution >= 4 is 0 Å². The Balaban J connectivity index is 2.12. The topological polar surface area (TPSA) is 25.8 Å². The van der Waals surface area contributed by atoms with Gasteiger partial charge < -0.3 is 0 Å². The number of aryl methyl sites for hydroxylation is 1. The summed E-state index contributed by atoms with van der Waals surface area (Å²) >= 11 is 0. The van der Waals surface area contributed by atoms with Crippen molar-refractivity contribution in [1.82, 2.24) is 9.97 Å². The molecule has 0 bridgehead atoms. The van der Waals surface area contributed by atoms with E-state index in [4.69, 9.17) is 0 Å². The number of aromatic nitrogens is 2. The van der Waals surface area contributed by atoms with E-state index in [2.05, 4.69) is 9.97 Å². The highest BCUT2D eigenvalue weighted by molar-refractivity contribution is 5.18. The molecule has 0 radical (unpaired) electrons. The van der Waals surface area contributed by atoms with Crippen molar-refractivity contribution in [3.63, 3.8) is 0 Å². The summed E-state index contributed by atoms with van der Waals surface area (Å²) in [5.41, 5.74) is 2.23. The van der Waals surface area contributed by atoms with Crippen LogP contribution in [0.2, 0.25) is 0 Å². The summed E-state index contributed by atoms with van der Waals surface area (Å²) in [6.07, 6.45) is 0.698. The third-order valence-corrected chi connectivity index (χ3v) is 2.40. The molecule has 0 fully saturated rings. The second kappa shape index (κ2) is 4.84. The normalized spacial score (nSPS) is 12.4. The van der Waals surface area contributed by atoms with Gasteiger partial charge in [-0.25, -0.2) is 14.4 Å². The van der Waals surface area contributed by atoms with Crippen LogP contribution in [0.4, 0.5) is 4.39 Å². The van der Waals surface area contributed by atoms with Crippen molar-refractivity contribution in [2.75, 3.05) is 0 Å². The quantitative estimate of drug-likeness (QED) is 0.788. The Bertz CT molecular complexity index is 456. The molecular formula is C13H13FN2. The van der Waals surface area contributed by atoms with Crippen molar-refractivity contribution in [1.29, 1.82) is 0 Å². The zero-order chi connectivity index (χ0) is 11.4. The first-order valence-corrected chi connectivity index (χ1v) is 5.22. The summed E-state index contributed by atoms with van der Waals surface area (Å²) in [7, 11) is 0. The van der Waals surface area contributed by atoms with Crippen molar-refractivity contribution in [3.05, 3.63) is 59.7 Å². The lowest BCUT2D eigenvalue weighted by atomic mass is 10.1. The molecule has 0 N–H and O–H groups in total. The average Bonchev–Trinajstić information content (AvgIpc) is 2.30. The molecule has 0 spiro atoms. The number of hydrogen-bond donors (Lipinski definition) is 0. The highest BCUT2D eigenvalue weighted by atomic mass is 19.1. The van der Waals surface area contributed by atoms with Crippen LogP contribution in [-0.2, 0) is 6.42 Å². The summed E-state index contributed by atoms with van der Waals surface area (Å²) in [6, 6.07) is 11.3. The molecule has 1 aromatic heterocycles. The largest absolute Gasteiger partial charge is 0.242 e. The van der Waals surface area contributed by atoms with Crippen molar-refractivity contribution in [2.24, 2.45) is 0 Å². The zero-order valence-corrected chi connectivity index (χ0v) is 9.10. The second-order valence-corrected chi connectivity index (χ2v) is 3.74. The Morgan fingerprint density at radius 1 is 1.19 bits per heavy atom. The lowest BCUT2D eigenvalue weighted by molar-refractivity contribution is 0.333. The summed E-state index contributed by atoms with van der Waals surface area (Å²) in [6.45, 7) is 1.83. The molecular weight excluding hydrogens is 203 g/mol. The maximum Gasteiger partial charge on any atom is 0.146 e. The lowest BCUT2D eigenvalue weighted by Gasteiger charge is -2.07. The fourth-order valence-corrected chi connectivity index (χ4v) is 1.57. The standard InChI is InChI=1S/C13H13FN2/c1-10-7-13(16-9-15-10)12(14)8-11-5-3-2-4-6-11/h2-7,9,12H,8H2,1H3. The Labute approximate surface area is 94.2 Å². The van der Waals surface area contributed by atoms with E-state index in [0.717, 1.165) is 11.3 Å². The lowest BCUT2D eigenvalue weighted by Crippen LogP contribution is -2.01. The van der Waals surface area contributed by atoms with Crippen molar-refractivity contribution in [3.8, 4) is 0 Å². The fourth-order valence-electron chi connectivity index (χ4n) is 1.57. The van der Waals surface area contributed by atoms with Gasteiger partial charge in [-0.05, 0) is 18.6 Å². The molecule has 1 unspecified atom stereocenters. The monoisotopic (exact) mass is 216 g/mol. The molecule has 2 rings (SSSR count). The number of benzene rings is 1. The number of hydrogen-bond acceptors (Lipinski definition) is 2. The molecule has 2 nitrogen and oxygen atoms in total. The third kappa shape index (κ3) is 2.63. The summed E-state index contributed by atoms with van der Waals surface area (Å²) in [5.74, 6) is 0. The van der Waals surface area contributed by atoms with Gasteiger partial charge in [-0.2, -0.15) is 0 Å². The molecule has 2 aromatic rings. The number of alkyl halides is 1. The van der Waals surface area contributed by atoms with Crippen LogP contribution in [0.3, 0.4) is 0 Å². The van der Waals surface area contributed by atoms with Crippen LogP contribution in [0.15, 0.2) is 42.7 Å². The molecule has 1 heterocycles. The Hall–Kier alpha value is -1.77. The second-order valence-electron chi connectivity index (χ2n) is 3.74. The minimum atomic E-state index is -1.07. The summed E-state index contributed by atoms with van der Waals surface area (Å²) in [5, 5.41) is 0. The summed E-state index contributed by atoms with van der Waals surface area (Å²) < 4.78 is 13.9. The van der Waals surface area contributed by atoms with Crippen LogP contribution in [0.5, 0.6) is 0 Å². The highest BCUT2D eigenvalue weighted by Gasteiger charge is 2.12. The first-order valence-electron chi connectivity index (χ1n) is 5.22. The zero-order valence-electron chi connectivity index (χ0n) is 9.10. The molecule has 82 valence electrons. The van der Waals surface area contributed by atoms with Crippen LogP contribution in [0.1, 0.15) is 23.1 Å². The van der Waals surface area contributed by atoms with Crippen LogP contribution in [-0.4, -0.2) is 9.97 Å². The van der Waals surface area contributed by atoms with Gasteiger partial charge in [0, 0.05) is 12.1 Å². The van der Waals surface area contributed by atoms with E-state index in [-0.39, 0.29) is 0 Å². The molecule has 1 atom stereocenters. The van der Waals surface area contributed by atoms with E-state index < -0.39 is 6.17 Å². The predicted octanol–water partition coefficient (Wildman–Crippen LogP) is 3.04. The van der Waals surface area contributed by atoms with Gasteiger partial charge in [0.05, 0.1) is 5.69 Å². The van der Waals surface area contributed by atoms with E-state index in [0.29, 0.717) is 12.1 Å². The van der Waals surface area contributed by atoms with E-state index in [9.17, 15) is 4.39 Å². The average molecular weight is 216 g/mol. The molecule has 0 saturated heterocycles. The maximum absolute atomic E-state index is 13.9. The molecule has 3 heteroatoms.